The molecular formula is C14H18FN3O2S. The molecule has 0 aliphatic heterocycles. The predicted octanol–water partition coefficient (Wildman–Crippen LogP) is 2.53. The van der Waals surface area contributed by atoms with Gasteiger partial charge >= 0.3 is 0 Å². The summed E-state index contributed by atoms with van der Waals surface area (Å²) in [5.74, 6) is 0.114. The Balaban J connectivity index is 1.81. The number of hydrogen-bond acceptors (Lipinski definition) is 5. The van der Waals surface area contributed by atoms with Crippen molar-refractivity contribution < 1.29 is 14.2 Å². The molecule has 0 fully saturated rings. The minimum absolute atomic E-state index is 0.0315. The number of aliphatic hydroxyl groups excluding tert-OH is 1. The normalized spacial score (nSPS) is 12.6. The smallest absolute Gasteiger partial charge is 0.191 e. The van der Waals surface area contributed by atoms with Gasteiger partial charge in [-0.1, -0.05) is 23.9 Å². The molecule has 0 amide bonds. The van der Waals surface area contributed by atoms with Crippen LogP contribution in [0.1, 0.15) is 19.9 Å². The number of thioether (sulfide) groups is 1. The van der Waals surface area contributed by atoms with Gasteiger partial charge in [-0.3, -0.25) is 0 Å². The van der Waals surface area contributed by atoms with Crippen molar-refractivity contribution in [2.24, 2.45) is 0 Å². The zero-order chi connectivity index (χ0) is 15.2. The molecule has 1 aromatic heterocycles. The van der Waals surface area contributed by atoms with Crippen molar-refractivity contribution in [3.63, 3.8) is 0 Å². The summed E-state index contributed by atoms with van der Waals surface area (Å²) in [4.78, 5) is 0. The minimum atomic E-state index is -0.716. The first-order valence-electron chi connectivity index (χ1n) is 6.65. The number of para-hydroxylation sites is 1. The van der Waals surface area contributed by atoms with Crippen LogP contribution in [0.3, 0.4) is 0 Å². The first kappa shape index (κ1) is 15.8. The Morgan fingerprint density at radius 3 is 2.86 bits per heavy atom. The number of ether oxygens (including phenoxy) is 1. The first-order chi connectivity index (χ1) is 10.1. The topological polar surface area (TPSA) is 60.2 Å². The fourth-order valence-electron chi connectivity index (χ4n) is 1.66. The second kappa shape index (κ2) is 7.42. The second-order valence-electron chi connectivity index (χ2n) is 4.82. The van der Waals surface area contributed by atoms with E-state index in [0.29, 0.717) is 5.75 Å². The van der Waals surface area contributed by atoms with Crippen LogP contribution in [0, 0.1) is 5.82 Å². The summed E-state index contributed by atoms with van der Waals surface area (Å²) in [6, 6.07) is 6.39. The Morgan fingerprint density at radius 1 is 1.38 bits per heavy atom. The highest BCUT2D eigenvalue weighted by Crippen LogP contribution is 2.20. The summed E-state index contributed by atoms with van der Waals surface area (Å²) in [6.45, 7) is 4.10. The van der Waals surface area contributed by atoms with E-state index >= 15 is 0 Å². The molecule has 0 aliphatic carbocycles. The van der Waals surface area contributed by atoms with Gasteiger partial charge in [-0.2, -0.15) is 0 Å². The van der Waals surface area contributed by atoms with E-state index in [1.807, 2.05) is 18.4 Å². The summed E-state index contributed by atoms with van der Waals surface area (Å²) in [5, 5.41) is 18.5. The molecule has 1 unspecified atom stereocenters. The van der Waals surface area contributed by atoms with Crippen LogP contribution in [0.4, 0.5) is 4.39 Å². The lowest BCUT2D eigenvalue weighted by Crippen LogP contribution is -2.20. The number of benzene rings is 1. The Kier molecular flexibility index (Phi) is 5.58. The molecule has 0 bridgehead atoms. The number of hydrogen-bond donors (Lipinski definition) is 1. The number of aliphatic hydroxyl groups is 1. The fraction of sp³-hybridized carbons (Fsp3) is 0.429. The lowest BCUT2D eigenvalue weighted by atomic mass is 10.3. The predicted molar refractivity (Wildman–Crippen MR) is 79.0 cm³/mol. The van der Waals surface area contributed by atoms with E-state index in [2.05, 4.69) is 10.2 Å². The Labute approximate surface area is 127 Å². The highest BCUT2D eigenvalue weighted by molar-refractivity contribution is 7.99. The number of nitrogens with zero attached hydrogens (tertiary/aromatic N) is 3. The van der Waals surface area contributed by atoms with Crippen LogP contribution in [-0.2, 0) is 0 Å². The molecular weight excluding hydrogens is 293 g/mol. The van der Waals surface area contributed by atoms with Gasteiger partial charge in [0.25, 0.3) is 0 Å². The summed E-state index contributed by atoms with van der Waals surface area (Å²) in [7, 11) is 0. The first-order valence-corrected chi connectivity index (χ1v) is 7.64. The molecule has 1 atom stereocenters. The maximum absolute atomic E-state index is 13.4. The number of aromatic nitrogens is 3. The fourth-order valence-corrected chi connectivity index (χ4v) is 2.61. The molecule has 0 radical (unpaired) electrons. The molecule has 1 aromatic carbocycles. The Hall–Kier alpha value is -1.60. The van der Waals surface area contributed by atoms with Gasteiger partial charge in [-0.15, -0.1) is 10.2 Å². The molecule has 2 aromatic rings. The highest BCUT2D eigenvalue weighted by atomic mass is 32.2. The van der Waals surface area contributed by atoms with Crippen LogP contribution < -0.4 is 4.74 Å². The van der Waals surface area contributed by atoms with Crippen molar-refractivity contribution in [3.05, 3.63) is 36.4 Å². The third kappa shape index (κ3) is 4.44. The SMILES string of the molecule is CC(C)n1cnnc1SCC(O)COc1ccccc1F. The zero-order valence-corrected chi connectivity index (χ0v) is 12.8. The lowest BCUT2D eigenvalue weighted by molar-refractivity contribution is 0.123. The molecule has 0 saturated heterocycles. The van der Waals surface area contributed by atoms with Crippen molar-refractivity contribution in [2.45, 2.75) is 31.1 Å². The van der Waals surface area contributed by atoms with E-state index in [-0.39, 0.29) is 18.4 Å². The molecule has 114 valence electrons. The number of halogens is 1. The maximum atomic E-state index is 13.4. The molecule has 2 rings (SSSR count). The zero-order valence-electron chi connectivity index (χ0n) is 11.9. The molecule has 1 heterocycles. The van der Waals surface area contributed by atoms with Crippen molar-refractivity contribution in [1.29, 1.82) is 0 Å². The van der Waals surface area contributed by atoms with Gasteiger partial charge in [0.15, 0.2) is 16.7 Å². The van der Waals surface area contributed by atoms with E-state index in [0.717, 1.165) is 5.16 Å². The summed E-state index contributed by atoms with van der Waals surface area (Å²) < 4.78 is 20.5. The molecule has 5 nitrogen and oxygen atoms in total. The van der Waals surface area contributed by atoms with E-state index in [1.54, 1.807) is 18.5 Å². The third-order valence-electron chi connectivity index (χ3n) is 2.77. The Bertz CT molecular complexity index is 577. The quantitative estimate of drug-likeness (QED) is 0.796. The molecule has 0 aliphatic rings. The van der Waals surface area contributed by atoms with E-state index in [4.69, 9.17) is 4.74 Å². The van der Waals surface area contributed by atoms with Crippen LogP contribution in [0.2, 0.25) is 0 Å². The average molecular weight is 311 g/mol. The molecule has 7 heteroatoms. The molecule has 0 saturated carbocycles. The van der Waals surface area contributed by atoms with Crippen LogP contribution in [-0.4, -0.2) is 38.3 Å². The van der Waals surface area contributed by atoms with Gasteiger partial charge in [0.1, 0.15) is 12.9 Å². The monoisotopic (exact) mass is 311 g/mol. The molecule has 0 spiro atoms. The minimum Gasteiger partial charge on any atom is -0.488 e. The van der Waals surface area contributed by atoms with Crippen molar-refractivity contribution in [2.75, 3.05) is 12.4 Å². The summed E-state index contributed by atoms with van der Waals surface area (Å²) in [6.07, 6.45) is 0.946. The van der Waals surface area contributed by atoms with Gasteiger partial charge < -0.3 is 14.4 Å². The van der Waals surface area contributed by atoms with Gasteiger partial charge in [0.2, 0.25) is 0 Å². The summed E-state index contributed by atoms with van der Waals surface area (Å²) >= 11 is 1.40. The van der Waals surface area contributed by atoms with Crippen LogP contribution in [0.5, 0.6) is 5.75 Å². The van der Waals surface area contributed by atoms with Crippen molar-refractivity contribution in [1.82, 2.24) is 14.8 Å². The average Bonchev–Trinajstić information content (AvgIpc) is 2.93. The van der Waals surface area contributed by atoms with Gasteiger partial charge in [0, 0.05) is 11.8 Å². The molecule has 21 heavy (non-hydrogen) atoms. The van der Waals surface area contributed by atoms with Gasteiger partial charge in [0.05, 0.1) is 6.10 Å². The maximum Gasteiger partial charge on any atom is 0.191 e. The van der Waals surface area contributed by atoms with Crippen LogP contribution in [0.15, 0.2) is 35.7 Å². The number of rotatable bonds is 7. The largest absolute Gasteiger partial charge is 0.488 e. The van der Waals surface area contributed by atoms with Gasteiger partial charge in [-0.05, 0) is 26.0 Å². The molecule has 1 N–H and O–H groups in total. The van der Waals surface area contributed by atoms with E-state index in [9.17, 15) is 9.50 Å². The van der Waals surface area contributed by atoms with E-state index in [1.165, 1.54) is 23.9 Å². The standard InChI is InChI=1S/C14H18FN3O2S/c1-10(2)18-9-16-17-14(18)21-8-11(19)7-20-13-6-4-3-5-12(13)15/h3-6,9-11,19H,7-8H2,1-2H3. The van der Waals surface area contributed by atoms with Crippen LogP contribution >= 0.6 is 11.8 Å². The third-order valence-corrected chi connectivity index (χ3v) is 3.87. The van der Waals surface area contributed by atoms with Crippen molar-refractivity contribution >= 4 is 11.8 Å². The van der Waals surface area contributed by atoms with Gasteiger partial charge in [-0.25, -0.2) is 4.39 Å². The Morgan fingerprint density at radius 2 is 2.14 bits per heavy atom. The van der Waals surface area contributed by atoms with E-state index < -0.39 is 11.9 Å². The lowest BCUT2D eigenvalue weighted by Gasteiger charge is -2.13. The summed E-state index contributed by atoms with van der Waals surface area (Å²) in [5.41, 5.74) is 0. The highest BCUT2D eigenvalue weighted by Gasteiger charge is 2.12. The second-order valence-corrected chi connectivity index (χ2v) is 5.81. The van der Waals surface area contributed by atoms with Crippen LogP contribution in [0.25, 0.3) is 0 Å². The van der Waals surface area contributed by atoms with Crippen molar-refractivity contribution in [3.8, 4) is 5.75 Å².